The predicted molar refractivity (Wildman–Crippen MR) is 108 cm³/mol. The Morgan fingerprint density at radius 2 is 1.04 bits per heavy atom. The molecule has 0 heterocycles. The Balaban J connectivity index is 1.61. The summed E-state index contributed by atoms with van der Waals surface area (Å²) in [6.07, 6.45) is 5.05. The van der Waals surface area contributed by atoms with E-state index in [0.29, 0.717) is 0 Å². The molecule has 126 valence electrons. The second-order valence-electron chi connectivity index (χ2n) is 5.72. The average molecular weight is 329 g/mol. The van der Waals surface area contributed by atoms with E-state index in [-0.39, 0.29) is 6.17 Å². The predicted octanol–water partition coefficient (Wildman–Crippen LogP) is 5.55. The van der Waals surface area contributed by atoms with Crippen LogP contribution in [0.5, 0.6) is 0 Å². The zero-order chi connectivity index (χ0) is 17.2. The van der Waals surface area contributed by atoms with E-state index in [1.807, 2.05) is 72.9 Å². The first-order chi connectivity index (χ1) is 12.4. The summed E-state index contributed by atoms with van der Waals surface area (Å²) in [6.45, 7) is 0. The summed E-state index contributed by atoms with van der Waals surface area (Å²) in [5.41, 5.74) is 3.28. The van der Waals surface area contributed by atoms with Gasteiger partial charge in [0.25, 0.3) is 0 Å². The Bertz CT molecular complexity index is 714. The molecule has 0 atom stereocenters. The molecule has 0 saturated heterocycles. The van der Waals surface area contributed by atoms with Crippen molar-refractivity contribution in [1.82, 2.24) is 0 Å². The Morgan fingerprint density at radius 1 is 0.600 bits per heavy atom. The van der Waals surface area contributed by atoms with Crippen molar-refractivity contribution in [1.29, 1.82) is 0 Å². The summed E-state index contributed by atoms with van der Waals surface area (Å²) in [7, 11) is 0. The molecule has 0 saturated carbocycles. The van der Waals surface area contributed by atoms with Crippen LogP contribution in [0.4, 0.5) is 17.1 Å². The molecule has 0 radical (unpaired) electrons. The van der Waals surface area contributed by atoms with Crippen molar-refractivity contribution >= 4 is 17.1 Å². The topological polar surface area (TPSA) is 36.1 Å². The summed E-state index contributed by atoms with van der Waals surface area (Å²) >= 11 is 0. The van der Waals surface area contributed by atoms with Gasteiger partial charge in [-0.2, -0.15) is 0 Å². The Labute approximate surface area is 149 Å². The molecule has 3 rings (SSSR count). The Morgan fingerprint density at radius 3 is 1.52 bits per heavy atom. The van der Waals surface area contributed by atoms with E-state index < -0.39 is 0 Å². The van der Waals surface area contributed by atoms with Gasteiger partial charge in [0.1, 0.15) is 0 Å². The lowest BCUT2D eigenvalue weighted by Crippen LogP contribution is -2.28. The molecule has 0 aliphatic carbocycles. The van der Waals surface area contributed by atoms with Crippen molar-refractivity contribution in [3.8, 4) is 0 Å². The quantitative estimate of drug-likeness (QED) is 0.474. The van der Waals surface area contributed by atoms with Gasteiger partial charge in [-0.25, -0.2) is 0 Å². The van der Waals surface area contributed by atoms with Gasteiger partial charge in [-0.3, -0.25) is 0 Å². The third kappa shape index (κ3) is 5.74. The maximum atomic E-state index is 3.54. The fourth-order valence-electron chi connectivity index (χ4n) is 2.52. The maximum Gasteiger partial charge on any atom is 0.0999 e. The number of hydrogen-bond acceptors (Lipinski definition) is 3. The van der Waals surface area contributed by atoms with E-state index in [0.717, 1.165) is 23.5 Å². The minimum Gasteiger partial charge on any atom is -0.365 e. The monoisotopic (exact) mass is 329 g/mol. The summed E-state index contributed by atoms with van der Waals surface area (Å²) in [4.78, 5) is 0. The van der Waals surface area contributed by atoms with E-state index in [4.69, 9.17) is 0 Å². The van der Waals surface area contributed by atoms with Crippen LogP contribution in [0, 0.1) is 0 Å². The molecule has 3 aromatic rings. The largest absolute Gasteiger partial charge is 0.365 e. The van der Waals surface area contributed by atoms with Crippen LogP contribution < -0.4 is 16.0 Å². The molecule has 0 aromatic heterocycles. The highest BCUT2D eigenvalue weighted by molar-refractivity contribution is 5.49. The first kappa shape index (κ1) is 16.7. The van der Waals surface area contributed by atoms with Crippen molar-refractivity contribution < 1.29 is 0 Å². The van der Waals surface area contributed by atoms with Crippen molar-refractivity contribution in [3.05, 3.63) is 103 Å². The van der Waals surface area contributed by atoms with Gasteiger partial charge < -0.3 is 16.0 Å². The molecule has 0 aliphatic heterocycles. The molecule has 3 nitrogen and oxygen atoms in total. The van der Waals surface area contributed by atoms with Gasteiger partial charge in [-0.1, -0.05) is 60.7 Å². The fraction of sp³-hybridized carbons (Fsp3) is 0.0909. The second-order valence-corrected chi connectivity index (χ2v) is 5.72. The van der Waals surface area contributed by atoms with Crippen LogP contribution >= 0.6 is 0 Å². The van der Waals surface area contributed by atoms with Gasteiger partial charge in [-0.15, -0.1) is 0 Å². The highest BCUT2D eigenvalue weighted by Gasteiger charge is 2.06. The van der Waals surface area contributed by atoms with Gasteiger partial charge in [0.15, 0.2) is 0 Å². The van der Waals surface area contributed by atoms with E-state index >= 15 is 0 Å². The lowest BCUT2D eigenvalue weighted by Gasteiger charge is -2.21. The van der Waals surface area contributed by atoms with Gasteiger partial charge in [0, 0.05) is 23.5 Å². The lowest BCUT2D eigenvalue weighted by molar-refractivity contribution is 0.828. The van der Waals surface area contributed by atoms with Crippen LogP contribution in [-0.4, -0.2) is 6.17 Å². The summed E-state index contributed by atoms with van der Waals surface area (Å²) in [5.74, 6) is 0. The van der Waals surface area contributed by atoms with Crippen LogP contribution in [0.15, 0.2) is 103 Å². The van der Waals surface area contributed by atoms with Crippen LogP contribution in [0.2, 0.25) is 0 Å². The zero-order valence-electron chi connectivity index (χ0n) is 14.1. The highest BCUT2D eigenvalue weighted by atomic mass is 15.1. The van der Waals surface area contributed by atoms with E-state index in [2.05, 4.69) is 46.3 Å². The van der Waals surface area contributed by atoms with Gasteiger partial charge in [0.05, 0.1) is 6.17 Å². The zero-order valence-corrected chi connectivity index (χ0v) is 14.1. The molecule has 3 heteroatoms. The molecular weight excluding hydrogens is 306 g/mol. The third-order valence-electron chi connectivity index (χ3n) is 3.74. The Kier molecular flexibility index (Phi) is 6.12. The van der Waals surface area contributed by atoms with Crippen LogP contribution in [0.1, 0.15) is 6.42 Å². The molecule has 3 N–H and O–H groups in total. The van der Waals surface area contributed by atoms with E-state index in [1.54, 1.807) is 0 Å². The smallest absolute Gasteiger partial charge is 0.0999 e. The minimum absolute atomic E-state index is 0.0959. The molecule has 0 spiro atoms. The van der Waals surface area contributed by atoms with Crippen molar-refractivity contribution in [3.63, 3.8) is 0 Å². The number of rotatable bonds is 8. The number of benzene rings is 3. The van der Waals surface area contributed by atoms with Crippen LogP contribution in [0.3, 0.4) is 0 Å². The van der Waals surface area contributed by atoms with Gasteiger partial charge in [-0.05, 0) is 42.6 Å². The van der Waals surface area contributed by atoms with Crippen molar-refractivity contribution in [2.24, 2.45) is 0 Å². The lowest BCUT2D eigenvalue weighted by atomic mass is 10.2. The number of hydrogen-bond donors (Lipinski definition) is 3. The van der Waals surface area contributed by atoms with Crippen molar-refractivity contribution in [2.45, 2.75) is 12.6 Å². The van der Waals surface area contributed by atoms with Gasteiger partial charge >= 0.3 is 0 Å². The van der Waals surface area contributed by atoms with Gasteiger partial charge in [0.2, 0.25) is 0 Å². The highest BCUT2D eigenvalue weighted by Crippen LogP contribution is 2.14. The number of nitrogens with one attached hydrogen (secondary N) is 3. The summed E-state index contributed by atoms with van der Waals surface area (Å²) < 4.78 is 0. The minimum atomic E-state index is 0.0959. The van der Waals surface area contributed by atoms with Crippen molar-refractivity contribution in [2.75, 3.05) is 16.0 Å². The Hall–Kier alpha value is -3.20. The standard InChI is InChI=1S/C22H23N3/c1-4-11-19(12-5-1)23-18-10-17-22(24-20-13-6-2-7-14-20)25-21-15-8-3-9-16-21/h1-16,18,22-25H,17H2/b18-10+. The summed E-state index contributed by atoms with van der Waals surface area (Å²) in [6, 6.07) is 30.6. The molecule has 0 fully saturated rings. The average Bonchev–Trinajstić information content (AvgIpc) is 2.67. The molecular formula is C22H23N3. The first-order valence-electron chi connectivity index (χ1n) is 8.50. The maximum absolute atomic E-state index is 3.54. The SMILES string of the molecule is C(=C\Nc1ccccc1)/CC(Nc1ccccc1)Nc1ccccc1. The number of para-hydroxylation sites is 3. The number of anilines is 3. The summed E-state index contributed by atoms with van der Waals surface area (Å²) in [5, 5.41) is 10.4. The normalized spacial score (nSPS) is 10.8. The fourth-order valence-corrected chi connectivity index (χ4v) is 2.52. The van der Waals surface area contributed by atoms with Crippen LogP contribution in [-0.2, 0) is 0 Å². The molecule has 0 amide bonds. The van der Waals surface area contributed by atoms with E-state index in [9.17, 15) is 0 Å². The molecule has 0 unspecified atom stereocenters. The third-order valence-corrected chi connectivity index (χ3v) is 3.74. The second kappa shape index (κ2) is 9.18. The first-order valence-corrected chi connectivity index (χ1v) is 8.50. The molecule has 3 aromatic carbocycles. The molecule has 25 heavy (non-hydrogen) atoms. The van der Waals surface area contributed by atoms with Crippen LogP contribution in [0.25, 0.3) is 0 Å². The molecule has 0 aliphatic rings. The molecule has 0 bridgehead atoms. The van der Waals surface area contributed by atoms with E-state index in [1.165, 1.54) is 0 Å².